The van der Waals surface area contributed by atoms with Gasteiger partial charge in [-0.25, -0.2) is 0 Å². The second kappa shape index (κ2) is 4.96. The van der Waals surface area contributed by atoms with Crippen LogP contribution in [-0.4, -0.2) is 21.9 Å². The van der Waals surface area contributed by atoms with E-state index in [9.17, 15) is 13.2 Å². The highest BCUT2D eigenvalue weighted by Crippen LogP contribution is 2.52. The maximum Gasteiger partial charge on any atom is 0.435 e. The van der Waals surface area contributed by atoms with Crippen molar-refractivity contribution in [3.05, 3.63) is 17.0 Å². The third-order valence-corrected chi connectivity index (χ3v) is 6.22. The van der Waals surface area contributed by atoms with Crippen molar-refractivity contribution in [1.29, 1.82) is 0 Å². The SMILES string of the molecule is NC12CCC(Cn3nc(C(F)(F)F)c4c3CCNC4)(CC1)CC2. The van der Waals surface area contributed by atoms with Gasteiger partial charge < -0.3 is 11.1 Å². The number of nitrogens with one attached hydrogen (secondary N) is 1. The maximum atomic E-state index is 13.3. The first-order chi connectivity index (χ1) is 10.8. The standard InChI is InChI=1S/C16H23F3N4/c17-16(18,19)13-11-9-21-8-1-12(11)23(22-13)10-14-2-5-15(20,6-3-14)7-4-14/h21H,1-10,20H2. The first-order valence-corrected chi connectivity index (χ1v) is 8.46. The fourth-order valence-corrected chi connectivity index (χ4v) is 4.63. The molecule has 3 aliphatic carbocycles. The van der Waals surface area contributed by atoms with Crippen LogP contribution in [0.25, 0.3) is 0 Å². The van der Waals surface area contributed by atoms with Gasteiger partial charge in [-0.05, 0) is 43.9 Å². The third kappa shape index (κ3) is 2.58. The lowest BCUT2D eigenvalue weighted by Gasteiger charge is -2.52. The summed E-state index contributed by atoms with van der Waals surface area (Å²) >= 11 is 0. The Bertz CT molecular complexity index is 595. The summed E-state index contributed by atoms with van der Waals surface area (Å²) in [5, 5.41) is 7.04. The van der Waals surface area contributed by atoms with Crippen LogP contribution in [0.4, 0.5) is 13.2 Å². The van der Waals surface area contributed by atoms with E-state index < -0.39 is 11.9 Å². The summed E-state index contributed by atoms with van der Waals surface area (Å²) in [5.74, 6) is 0. The van der Waals surface area contributed by atoms with Crippen molar-refractivity contribution in [1.82, 2.24) is 15.1 Å². The number of halogens is 3. The molecule has 4 aliphatic rings. The van der Waals surface area contributed by atoms with Crippen molar-refractivity contribution in [2.45, 2.75) is 69.8 Å². The Morgan fingerprint density at radius 3 is 2.39 bits per heavy atom. The van der Waals surface area contributed by atoms with Gasteiger partial charge in [0.15, 0.2) is 5.69 Å². The van der Waals surface area contributed by atoms with E-state index in [1.807, 2.05) is 0 Å². The largest absolute Gasteiger partial charge is 0.435 e. The molecule has 0 atom stereocenters. The molecule has 0 saturated heterocycles. The smallest absolute Gasteiger partial charge is 0.325 e. The number of alkyl halides is 3. The molecule has 1 aromatic heterocycles. The number of hydrogen-bond donors (Lipinski definition) is 2. The van der Waals surface area contributed by atoms with Crippen LogP contribution in [0.2, 0.25) is 0 Å². The lowest BCUT2D eigenvalue weighted by molar-refractivity contribution is -0.142. The van der Waals surface area contributed by atoms with Crippen LogP contribution in [0.15, 0.2) is 0 Å². The first kappa shape index (κ1) is 15.4. The molecule has 4 nitrogen and oxygen atoms in total. The molecular weight excluding hydrogens is 305 g/mol. The number of fused-ring (bicyclic) bond motifs is 4. The molecule has 0 spiro atoms. The molecule has 2 heterocycles. The minimum absolute atomic E-state index is 0.0215. The third-order valence-electron chi connectivity index (χ3n) is 6.22. The summed E-state index contributed by atoms with van der Waals surface area (Å²) in [7, 11) is 0. The Labute approximate surface area is 133 Å². The predicted molar refractivity (Wildman–Crippen MR) is 79.7 cm³/mol. The van der Waals surface area contributed by atoms with E-state index in [0.717, 1.165) is 50.8 Å². The van der Waals surface area contributed by atoms with Gasteiger partial charge in [-0.15, -0.1) is 0 Å². The number of hydrogen-bond acceptors (Lipinski definition) is 3. The van der Waals surface area contributed by atoms with Gasteiger partial charge >= 0.3 is 6.18 Å². The van der Waals surface area contributed by atoms with Crippen LogP contribution in [-0.2, 0) is 25.7 Å². The van der Waals surface area contributed by atoms with Crippen LogP contribution in [0, 0.1) is 5.41 Å². The van der Waals surface area contributed by atoms with Crippen LogP contribution in [0.1, 0.15) is 55.5 Å². The molecule has 0 radical (unpaired) electrons. The highest BCUT2D eigenvalue weighted by atomic mass is 19.4. The van der Waals surface area contributed by atoms with E-state index in [2.05, 4.69) is 10.4 Å². The summed E-state index contributed by atoms with van der Waals surface area (Å²) < 4.78 is 41.5. The lowest BCUT2D eigenvalue weighted by atomic mass is 9.57. The van der Waals surface area contributed by atoms with Gasteiger partial charge in [0.1, 0.15) is 0 Å². The Hall–Kier alpha value is -1.08. The van der Waals surface area contributed by atoms with E-state index >= 15 is 0 Å². The quantitative estimate of drug-likeness (QED) is 0.877. The van der Waals surface area contributed by atoms with E-state index in [1.54, 1.807) is 4.68 Å². The summed E-state index contributed by atoms with van der Waals surface area (Å²) in [4.78, 5) is 0. The molecule has 0 aromatic carbocycles. The van der Waals surface area contributed by atoms with Crippen LogP contribution in [0.5, 0.6) is 0 Å². The zero-order valence-corrected chi connectivity index (χ0v) is 13.2. The average molecular weight is 328 g/mol. The normalized spacial score (nSPS) is 33.7. The molecule has 0 unspecified atom stereocenters. The molecule has 5 rings (SSSR count). The molecule has 1 aromatic rings. The molecule has 23 heavy (non-hydrogen) atoms. The second-order valence-corrected chi connectivity index (χ2v) is 7.72. The highest BCUT2D eigenvalue weighted by Gasteiger charge is 2.48. The molecule has 0 amide bonds. The van der Waals surface area contributed by atoms with Crippen molar-refractivity contribution < 1.29 is 13.2 Å². The highest BCUT2D eigenvalue weighted by molar-refractivity contribution is 5.31. The van der Waals surface area contributed by atoms with Gasteiger partial charge in [0.25, 0.3) is 0 Å². The van der Waals surface area contributed by atoms with Crippen LogP contribution < -0.4 is 11.1 Å². The topological polar surface area (TPSA) is 55.9 Å². The summed E-state index contributed by atoms with van der Waals surface area (Å²) in [5.41, 5.74) is 6.84. The zero-order chi connectivity index (χ0) is 16.3. The fourth-order valence-electron chi connectivity index (χ4n) is 4.63. The molecular formula is C16H23F3N4. The Kier molecular flexibility index (Phi) is 3.33. The Balaban J connectivity index is 1.66. The van der Waals surface area contributed by atoms with Crippen molar-refractivity contribution in [3.63, 3.8) is 0 Å². The van der Waals surface area contributed by atoms with Gasteiger partial charge in [0, 0.05) is 42.9 Å². The van der Waals surface area contributed by atoms with E-state index in [4.69, 9.17) is 5.73 Å². The summed E-state index contributed by atoms with van der Waals surface area (Å²) in [6.07, 6.45) is 2.25. The van der Waals surface area contributed by atoms with Crippen molar-refractivity contribution in [2.24, 2.45) is 11.1 Å². The number of nitrogens with zero attached hydrogens (tertiary/aromatic N) is 2. The van der Waals surface area contributed by atoms with E-state index in [0.29, 0.717) is 18.5 Å². The number of rotatable bonds is 2. The van der Waals surface area contributed by atoms with Crippen LogP contribution in [0.3, 0.4) is 0 Å². The average Bonchev–Trinajstić information content (AvgIpc) is 2.88. The van der Waals surface area contributed by atoms with Gasteiger partial charge in [-0.2, -0.15) is 18.3 Å². The zero-order valence-electron chi connectivity index (χ0n) is 13.2. The molecule has 3 fully saturated rings. The van der Waals surface area contributed by atoms with E-state index in [-0.39, 0.29) is 17.5 Å². The number of aromatic nitrogens is 2. The van der Waals surface area contributed by atoms with Gasteiger partial charge in [0.05, 0.1) is 0 Å². The Morgan fingerprint density at radius 2 is 1.78 bits per heavy atom. The maximum absolute atomic E-state index is 13.3. The van der Waals surface area contributed by atoms with Crippen molar-refractivity contribution >= 4 is 0 Å². The second-order valence-electron chi connectivity index (χ2n) is 7.72. The van der Waals surface area contributed by atoms with Gasteiger partial charge in [0.2, 0.25) is 0 Å². The molecule has 3 N–H and O–H groups in total. The van der Waals surface area contributed by atoms with Gasteiger partial charge in [-0.1, -0.05) is 0 Å². The van der Waals surface area contributed by atoms with Crippen molar-refractivity contribution in [2.75, 3.05) is 6.54 Å². The predicted octanol–water partition coefficient (Wildman–Crippen LogP) is 2.60. The van der Waals surface area contributed by atoms with E-state index in [1.165, 1.54) is 0 Å². The summed E-state index contributed by atoms with van der Waals surface area (Å²) in [6, 6.07) is 0. The molecule has 7 heteroatoms. The van der Waals surface area contributed by atoms with Crippen molar-refractivity contribution in [3.8, 4) is 0 Å². The molecule has 128 valence electrons. The van der Waals surface area contributed by atoms with Crippen LogP contribution >= 0.6 is 0 Å². The molecule has 1 aliphatic heterocycles. The van der Waals surface area contributed by atoms with Gasteiger partial charge in [-0.3, -0.25) is 4.68 Å². The molecule has 3 saturated carbocycles. The molecule has 2 bridgehead atoms. The summed E-state index contributed by atoms with van der Waals surface area (Å²) in [6.45, 7) is 1.60. The lowest BCUT2D eigenvalue weighted by Crippen LogP contribution is -2.53. The first-order valence-electron chi connectivity index (χ1n) is 8.46. The fraction of sp³-hybridized carbons (Fsp3) is 0.812. The Morgan fingerprint density at radius 1 is 1.13 bits per heavy atom. The minimum atomic E-state index is -4.38. The number of nitrogens with two attached hydrogens (primary N) is 1. The monoisotopic (exact) mass is 328 g/mol. The minimum Gasteiger partial charge on any atom is -0.325 e.